The van der Waals surface area contributed by atoms with Gasteiger partial charge in [0.05, 0.1) is 12.7 Å². The lowest BCUT2D eigenvalue weighted by Gasteiger charge is -2.10. The summed E-state index contributed by atoms with van der Waals surface area (Å²) in [6.07, 6.45) is 8.61. The third-order valence-corrected chi connectivity index (χ3v) is 2.55. The molecule has 0 aliphatic rings. The van der Waals surface area contributed by atoms with E-state index in [2.05, 4.69) is 24.1 Å². The molecule has 0 aromatic carbocycles. The number of oxazole rings is 1. The summed E-state index contributed by atoms with van der Waals surface area (Å²) in [5, 5.41) is 3.36. The Bertz CT molecular complexity index is 234. The van der Waals surface area contributed by atoms with Gasteiger partial charge in [0.2, 0.25) is 5.89 Å². The summed E-state index contributed by atoms with van der Waals surface area (Å²) in [6.45, 7) is 6.32. The number of nitrogens with one attached hydrogen (secondary N) is 1. The van der Waals surface area contributed by atoms with E-state index in [1.54, 1.807) is 12.5 Å². The largest absolute Gasteiger partial charge is 0.448 e. The Labute approximate surface area is 92.3 Å². The lowest BCUT2D eigenvalue weighted by molar-refractivity contribution is 0.422. The highest BCUT2D eigenvalue weighted by Gasteiger charge is 2.02. The third-order valence-electron chi connectivity index (χ3n) is 2.55. The molecule has 3 nitrogen and oxygen atoms in total. The van der Waals surface area contributed by atoms with Crippen LogP contribution in [0.4, 0.5) is 0 Å². The molecule has 0 aliphatic carbocycles. The Morgan fingerprint density at radius 3 is 3.00 bits per heavy atom. The van der Waals surface area contributed by atoms with Crippen LogP contribution in [-0.2, 0) is 6.54 Å². The van der Waals surface area contributed by atoms with Crippen molar-refractivity contribution in [2.75, 3.05) is 6.54 Å². The van der Waals surface area contributed by atoms with Crippen LogP contribution in [0.2, 0.25) is 0 Å². The molecule has 1 aromatic rings. The van der Waals surface area contributed by atoms with Crippen molar-refractivity contribution < 1.29 is 4.42 Å². The van der Waals surface area contributed by atoms with Crippen molar-refractivity contribution in [2.24, 2.45) is 5.92 Å². The fourth-order valence-corrected chi connectivity index (χ4v) is 1.61. The predicted molar refractivity (Wildman–Crippen MR) is 61.5 cm³/mol. The molecular weight excluding hydrogens is 188 g/mol. The maximum atomic E-state index is 5.14. The molecule has 0 saturated heterocycles. The van der Waals surface area contributed by atoms with Crippen LogP contribution >= 0.6 is 0 Å². The van der Waals surface area contributed by atoms with Gasteiger partial charge in [-0.25, -0.2) is 4.98 Å². The monoisotopic (exact) mass is 210 g/mol. The van der Waals surface area contributed by atoms with Crippen LogP contribution in [0.3, 0.4) is 0 Å². The molecule has 3 heteroatoms. The maximum absolute atomic E-state index is 5.14. The average molecular weight is 210 g/mol. The van der Waals surface area contributed by atoms with Crippen molar-refractivity contribution in [3.8, 4) is 0 Å². The number of unbranched alkanes of at least 4 members (excludes halogenated alkanes) is 2. The van der Waals surface area contributed by atoms with Gasteiger partial charge in [-0.1, -0.05) is 33.1 Å². The van der Waals surface area contributed by atoms with Crippen molar-refractivity contribution in [3.63, 3.8) is 0 Å². The second-order valence-corrected chi connectivity index (χ2v) is 4.16. The van der Waals surface area contributed by atoms with E-state index in [0.717, 1.165) is 24.9 Å². The highest BCUT2D eigenvalue weighted by Crippen LogP contribution is 2.08. The normalized spacial score (nSPS) is 12.9. The Morgan fingerprint density at radius 2 is 2.33 bits per heavy atom. The van der Waals surface area contributed by atoms with Crippen molar-refractivity contribution >= 4 is 0 Å². The van der Waals surface area contributed by atoms with Gasteiger partial charge in [-0.3, -0.25) is 0 Å². The Hall–Kier alpha value is -0.830. The van der Waals surface area contributed by atoms with E-state index >= 15 is 0 Å². The Kier molecular flexibility index (Phi) is 6.09. The van der Waals surface area contributed by atoms with Crippen molar-refractivity contribution in [1.29, 1.82) is 0 Å². The van der Waals surface area contributed by atoms with Gasteiger partial charge in [-0.15, -0.1) is 0 Å². The molecule has 0 bridgehead atoms. The first kappa shape index (κ1) is 12.2. The highest BCUT2D eigenvalue weighted by atomic mass is 16.3. The van der Waals surface area contributed by atoms with Crippen LogP contribution in [0.5, 0.6) is 0 Å². The molecule has 15 heavy (non-hydrogen) atoms. The van der Waals surface area contributed by atoms with E-state index in [-0.39, 0.29) is 0 Å². The molecule has 0 amide bonds. The smallest absolute Gasteiger partial charge is 0.207 e. The minimum Gasteiger partial charge on any atom is -0.448 e. The van der Waals surface area contributed by atoms with Crippen molar-refractivity contribution in [3.05, 3.63) is 18.4 Å². The van der Waals surface area contributed by atoms with E-state index < -0.39 is 0 Å². The average Bonchev–Trinajstić information content (AvgIpc) is 2.71. The zero-order valence-electron chi connectivity index (χ0n) is 9.83. The zero-order valence-corrected chi connectivity index (χ0v) is 9.83. The van der Waals surface area contributed by atoms with Crippen LogP contribution in [0.1, 0.15) is 45.4 Å². The van der Waals surface area contributed by atoms with Gasteiger partial charge in [0, 0.05) is 0 Å². The van der Waals surface area contributed by atoms with Crippen molar-refractivity contribution in [2.45, 2.75) is 46.1 Å². The van der Waals surface area contributed by atoms with Crippen LogP contribution < -0.4 is 5.32 Å². The van der Waals surface area contributed by atoms with E-state index in [9.17, 15) is 0 Å². The first-order chi connectivity index (χ1) is 7.33. The lowest BCUT2D eigenvalue weighted by atomic mass is 10.0. The number of rotatable bonds is 8. The predicted octanol–water partition coefficient (Wildman–Crippen LogP) is 2.98. The van der Waals surface area contributed by atoms with Crippen LogP contribution in [-0.4, -0.2) is 11.5 Å². The van der Waals surface area contributed by atoms with Gasteiger partial charge >= 0.3 is 0 Å². The first-order valence-electron chi connectivity index (χ1n) is 5.92. The van der Waals surface area contributed by atoms with Crippen LogP contribution in [0.15, 0.2) is 16.9 Å². The molecule has 1 N–H and O–H groups in total. The van der Waals surface area contributed by atoms with Gasteiger partial charge in [0.25, 0.3) is 0 Å². The molecule has 1 aromatic heterocycles. The molecular formula is C12H22N2O. The topological polar surface area (TPSA) is 38.1 Å². The molecule has 0 fully saturated rings. The first-order valence-corrected chi connectivity index (χ1v) is 5.92. The zero-order chi connectivity index (χ0) is 10.9. The molecule has 0 radical (unpaired) electrons. The quantitative estimate of drug-likeness (QED) is 0.670. The molecule has 1 rings (SSSR count). The molecule has 1 unspecified atom stereocenters. The minimum atomic E-state index is 0.741. The molecule has 0 aliphatic heterocycles. The number of hydrogen-bond donors (Lipinski definition) is 1. The van der Waals surface area contributed by atoms with Gasteiger partial charge in [0.15, 0.2) is 0 Å². The number of hydrogen-bond acceptors (Lipinski definition) is 3. The van der Waals surface area contributed by atoms with E-state index in [0.29, 0.717) is 0 Å². The summed E-state index contributed by atoms with van der Waals surface area (Å²) in [6, 6.07) is 0. The maximum Gasteiger partial charge on any atom is 0.207 e. The molecule has 86 valence electrons. The van der Waals surface area contributed by atoms with Gasteiger partial charge in [0.1, 0.15) is 6.26 Å². The summed E-state index contributed by atoms with van der Waals surface area (Å²) in [5.41, 5.74) is 0. The molecule has 0 spiro atoms. The Morgan fingerprint density at radius 1 is 1.47 bits per heavy atom. The van der Waals surface area contributed by atoms with Crippen molar-refractivity contribution in [1.82, 2.24) is 10.3 Å². The molecule has 0 saturated carbocycles. The lowest BCUT2D eigenvalue weighted by Crippen LogP contribution is -2.20. The fourth-order valence-electron chi connectivity index (χ4n) is 1.61. The van der Waals surface area contributed by atoms with E-state index in [1.807, 2.05) is 0 Å². The van der Waals surface area contributed by atoms with Gasteiger partial charge in [-0.2, -0.15) is 0 Å². The van der Waals surface area contributed by atoms with E-state index in [4.69, 9.17) is 4.42 Å². The number of aromatic nitrogens is 1. The summed E-state index contributed by atoms with van der Waals surface area (Å²) >= 11 is 0. The standard InChI is InChI=1S/C12H22N2O/c1-3-4-5-6-11(2)9-13-10-12-14-7-8-15-12/h7-8,11,13H,3-6,9-10H2,1-2H3. The van der Waals surface area contributed by atoms with E-state index in [1.165, 1.54) is 25.7 Å². The summed E-state index contributed by atoms with van der Waals surface area (Å²) in [5.74, 6) is 1.52. The van der Waals surface area contributed by atoms with Gasteiger partial charge in [-0.05, 0) is 18.9 Å². The fraction of sp³-hybridized carbons (Fsp3) is 0.750. The third kappa shape index (κ3) is 5.57. The second kappa shape index (κ2) is 7.46. The summed E-state index contributed by atoms with van der Waals surface area (Å²) < 4.78 is 5.14. The van der Waals surface area contributed by atoms with Crippen LogP contribution in [0.25, 0.3) is 0 Å². The Balaban J connectivity index is 1.99. The number of nitrogens with zero attached hydrogens (tertiary/aromatic N) is 1. The second-order valence-electron chi connectivity index (χ2n) is 4.16. The molecule has 1 heterocycles. The molecule has 1 atom stereocenters. The summed E-state index contributed by atoms with van der Waals surface area (Å²) in [7, 11) is 0. The minimum absolute atomic E-state index is 0.741. The SMILES string of the molecule is CCCCCC(C)CNCc1ncco1. The highest BCUT2D eigenvalue weighted by molar-refractivity contribution is 4.78. The summed E-state index contributed by atoms with van der Waals surface area (Å²) in [4.78, 5) is 4.06. The van der Waals surface area contributed by atoms with Gasteiger partial charge < -0.3 is 9.73 Å². The van der Waals surface area contributed by atoms with Crippen LogP contribution in [0, 0.1) is 5.92 Å².